The summed E-state index contributed by atoms with van der Waals surface area (Å²) in [7, 11) is 3.45. The number of benzene rings is 1. The lowest BCUT2D eigenvalue weighted by Crippen LogP contribution is -2.32. The summed E-state index contributed by atoms with van der Waals surface area (Å²) in [5, 5.41) is 7.03. The number of hydrogen-bond donors (Lipinski definition) is 1. The number of carbonyl (C=O) groups excluding carboxylic acids is 1. The lowest BCUT2D eigenvalue weighted by molar-refractivity contribution is -0.118. The molecule has 0 spiro atoms. The van der Waals surface area contributed by atoms with Crippen LogP contribution in [0.2, 0.25) is 5.15 Å². The Kier molecular flexibility index (Phi) is 5.32. The number of anilines is 1. The number of nitrogens with one attached hydrogen (secondary N) is 1. The average Bonchev–Trinajstić information content (AvgIpc) is 3.00. The van der Waals surface area contributed by atoms with Crippen LogP contribution in [-0.4, -0.2) is 39.2 Å². The smallest absolute Gasteiger partial charge is 0.235 e. The van der Waals surface area contributed by atoms with Crippen LogP contribution in [0.15, 0.2) is 22.8 Å². The fourth-order valence-electron chi connectivity index (χ4n) is 3.06. The summed E-state index contributed by atoms with van der Waals surface area (Å²) < 4.78 is 29.3. The lowest BCUT2D eigenvalue weighted by Gasteiger charge is -2.18. The average molecular weight is 464 g/mol. The van der Waals surface area contributed by atoms with E-state index in [1.165, 1.54) is 16.8 Å². The van der Waals surface area contributed by atoms with Crippen molar-refractivity contribution in [3.8, 4) is 0 Å². The Morgan fingerprint density at radius 2 is 2.12 bits per heavy atom. The zero-order chi connectivity index (χ0) is 19.2. The highest BCUT2D eigenvalue weighted by Crippen LogP contribution is 2.41. The number of aryl methyl sites for hydroxylation is 1. The molecule has 2 heterocycles. The van der Waals surface area contributed by atoms with Crippen molar-refractivity contribution in [2.45, 2.75) is 5.92 Å². The fourth-order valence-corrected chi connectivity index (χ4v) is 4.51. The van der Waals surface area contributed by atoms with E-state index in [1.807, 2.05) is 0 Å². The van der Waals surface area contributed by atoms with Gasteiger partial charge in [-0.25, -0.2) is 8.78 Å². The van der Waals surface area contributed by atoms with E-state index in [0.717, 1.165) is 6.07 Å². The predicted octanol–water partition coefficient (Wildman–Crippen LogP) is 3.73. The number of likely N-dealkylation sites (tertiary alicyclic amines) is 1. The Bertz CT molecular complexity index is 907. The molecule has 1 fully saturated rings. The number of halogens is 4. The maximum atomic E-state index is 13.9. The number of carbonyl (C=O) groups is 1. The Balaban J connectivity index is 1.96. The molecule has 5 nitrogen and oxygen atoms in total. The van der Waals surface area contributed by atoms with Crippen LogP contribution in [0.3, 0.4) is 0 Å². The number of amides is 1. The summed E-state index contributed by atoms with van der Waals surface area (Å²) >= 11 is 15.1. The first kappa shape index (κ1) is 19.2. The molecule has 26 heavy (non-hydrogen) atoms. The molecule has 0 saturated carbocycles. The molecule has 1 saturated heterocycles. The summed E-state index contributed by atoms with van der Waals surface area (Å²) in [6.45, 7) is 0.451. The van der Waals surface area contributed by atoms with Gasteiger partial charge in [-0.1, -0.05) is 29.9 Å². The monoisotopic (exact) mass is 462 g/mol. The molecule has 2 aromatic rings. The summed E-state index contributed by atoms with van der Waals surface area (Å²) in [5.74, 6) is -3.82. The third kappa shape index (κ3) is 3.23. The maximum Gasteiger partial charge on any atom is 0.235 e. The number of likely N-dealkylation sites (N-methyl/N-ethyl adjacent to an activating group) is 1. The summed E-state index contributed by atoms with van der Waals surface area (Å²) in [6.07, 6.45) is 0. The molecule has 2 atom stereocenters. The van der Waals surface area contributed by atoms with Crippen molar-refractivity contribution in [3.63, 3.8) is 0 Å². The van der Waals surface area contributed by atoms with Crippen molar-refractivity contribution in [1.82, 2.24) is 14.7 Å². The van der Waals surface area contributed by atoms with E-state index >= 15 is 0 Å². The molecule has 1 amide bonds. The Hall–Kier alpha value is -1.58. The fraction of sp³-hybridized carbons (Fsp3) is 0.312. The molecule has 3 rings (SSSR count). The minimum atomic E-state index is -1.12. The molecule has 0 unspecified atom stereocenters. The third-order valence-corrected chi connectivity index (χ3v) is 5.94. The summed E-state index contributed by atoms with van der Waals surface area (Å²) in [4.78, 5) is 15.0. The second-order valence-corrected chi connectivity index (χ2v) is 7.54. The summed E-state index contributed by atoms with van der Waals surface area (Å²) in [5.41, 5.74) is 0.420. The summed E-state index contributed by atoms with van der Waals surface area (Å²) in [6, 6.07) is 3.59. The SMILES string of the molecule is CN1C[C@H](c2c(Br)nn(C)c2Cl)[C@@H](C(=O)Nc2cccc(F)c2F)C1=S. The molecule has 1 N–H and O–H groups in total. The van der Waals surface area contributed by atoms with Crippen LogP contribution in [0.25, 0.3) is 0 Å². The standard InChI is InChI=1S/C16H14BrClF2N4OS/c1-23-6-7(10-13(17)22-24(2)14(10)18)11(16(23)26)15(25)21-9-5-3-4-8(19)12(9)20/h3-5,7,11H,6H2,1-2H3,(H,21,25)/t7-,11+/m1/s1. The van der Waals surface area contributed by atoms with E-state index in [4.69, 9.17) is 23.8 Å². The van der Waals surface area contributed by atoms with Crippen LogP contribution in [-0.2, 0) is 11.8 Å². The third-order valence-electron chi connectivity index (χ3n) is 4.34. The number of thiocarbonyl (C=S) groups is 1. The van der Waals surface area contributed by atoms with Crippen LogP contribution in [0.1, 0.15) is 11.5 Å². The first-order valence-corrected chi connectivity index (χ1v) is 9.18. The minimum Gasteiger partial charge on any atom is -0.368 e. The second-order valence-electron chi connectivity index (χ2n) is 6.01. The van der Waals surface area contributed by atoms with Crippen LogP contribution in [0.4, 0.5) is 14.5 Å². The van der Waals surface area contributed by atoms with Crippen molar-refractivity contribution in [2.24, 2.45) is 13.0 Å². The van der Waals surface area contributed by atoms with Crippen molar-refractivity contribution in [2.75, 3.05) is 18.9 Å². The second kappa shape index (κ2) is 7.21. The minimum absolute atomic E-state index is 0.234. The van der Waals surface area contributed by atoms with Gasteiger partial charge in [-0.3, -0.25) is 9.48 Å². The van der Waals surface area contributed by atoms with Gasteiger partial charge in [-0.15, -0.1) is 0 Å². The van der Waals surface area contributed by atoms with E-state index < -0.39 is 23.5 Å². The zero-order valence-electron chi connectivity index (χ0n) is 13.8. The molecule has 138 valence electrons. The number of hydrogen-bond acceptors (Lipinski definition) is 3. The molecule has 0 radical (unpaired) electrons. The van der Waals surface area contributed by atoms with Gasteiger partial charge in [0.05, 0.1) is 16.6 Å². The number of aromatic nitrogens is 2. The molecule has 1 aromatic carbocycles. The first-order chi connectivity index (χ1) is 12.2. The van der Waals surface area contributed by atoms with Gasteiger partial charge >= 0.3 is 0 Å². The quantitative estimate of drug-likeness (QED) is 0.705. The molecular formula is C16H14BrClF2N4OS. The van der Waals surface area contributed by atoms with E-state index in [2.05, 4.69) is 26.3 Å². The van der Waals surface area contributed by atoms with E-state index in [9.17, 15) is 13.6 Å². The van der Waals surface area contributed by atoms with Gasteiger partial charge < -0.3 is 10.2 Å². The molecule has 1 aromatic heterocycles. The highest BCUT2D eigenvalue weighted by atomic mass is 79.9. The molecular weight excluding hydrogens is 450 g/mol. The molecule has 1 aliphatic rings. The van der Waals surface area contributed by atoms with Gasteiger partial charge in [0.1, 0.15) is 9.76 Å². The van der Waals surface area contributed by atoms with Crippen molar-refractivity contribution in [1.29, 1.82) is 0 Å². The van der Waals surface area contributed by atoms with Crippen molar-refractivity contribution < 1.29 is 13.6 Å². The van der Waals surface area contributed by atoms with E-state index in [1.54, 1.807) is 19.0 Å². The van der Waals surface area contributed by atoms with Gasteiger partial charge in [-0.2, -0.15) is 5.10 Å². The highest BCUT2D eigenvalue weighted by Gasteiger charge is 2.44. The number of nitrogens with zero attached hydrogens (tertiary/aromatic N) is 3. The highest BCUT2D eigenvalue weighted by molar-refractivity contribution is 9.10. The van der Waals surface area contributed by atoms with Gasteiger partial charge in [0.2, 0.25) is 5.91 Å². The van der Waals surface area contributed by atoms with Gasteiger partial charge in [0.25, 0.3) is 0 Å². The molecule has 0 aliphatic carbocycles. The van der Waals surface area contributed by atoms with Crippen molar-refractivity contribution in [3.05, 3.63) is 45.2 Å². The van der Waals surface area contributed by atoms with Crippen LogP contribution >= 0.6 is 39.7 Å². The lowest BCUT2D eigenvalue weighted by atomic mass is 9.90. The Morgan fingerprint density at radius 3 is 2.73 bits per heavy atom. The molecule has 10 heteroatoms. The Labute approximate surface area is 167 Å². The topological polar surface area (TPSA) is 50.2 Å². The van der Waals surface area contributed by atoms with E-state index in [0.29, 0.717) is 26.9 Å². The zero-order valence-corrected chi connectivity index (χ0v) is 16.9. The van der Waals surface area contributed by atoms with Crippen molar-refractivity contribution >= 4 is 56.3 Å². The number of rotatable bonds is 3. The normalized spacial score (nSPS) is 19.9. The van der Waals surface area contributed by atoms with Gasteiger partial charge in [0.15, 0.2) is 11.6 Å². The van der Waals surface area contributed by atoms with Gasteiger partial charge in [-0.05, 0) is 28.1 Å². The van der Waals surface area contributed by atoms with Gasteiger partial charge in [0, 0.05) is 32.1 Å². The van der Waals surface area contributed by atoms with E-state index in [-0.39, 0.29) is 11.6 Å². The maximum absolute atomic E-state index is 13.9. The Morgan fingerprint density at radius 1 is 1.42 bits per heavy atom. The largest absolute Gasteiger partial charge is 0.368 e. The van der Waals surface area contributed by atoms with Crippen LogP contribution in [0, 0.1) is 17.6 Å². The first-order valence-electron chi connectivity index (χ1n) is 7.60. The molecule has 0 bridgehead atoms. The van der Waals surface area contributed by atoms with Crippen LogP contribution < -0.4 is 5.32 Å². The van der Waals surface area contributed by atoms with Crippen LogP contribution in [0.5, 0.6) is 0 Å². The molecule has 1 aliphatic heterocycles. The predicted molar refractivity (Wildman–Crippen MR) is 102 cm³/mol.